The molecule has 74 valence electrons. The van der Waals surface area contributed by atoms with Crippen molar-refractivity contribution in [3.8, 4) is 0 Å². The molecule has 0 aliphatic heterocycles. The standard InChI is InChI=1S/C9H14O4/c1-5(10)7-3-6(4-8(7)11)9(12)13-2/h6-8,11H,3-4H2,1-2H3. The van der Waals surface area contributed by atoms with Gasteiger partial charge in [0.15, 0.2) is 0 Å². The van der Waals surface area contributed by atoms with Crippen LogP contribution in [-0.2, 0) is 14.3 Å². The summed E-state index contributed by atoms with van der Waals surface area (Å²) in [5.74, 6) is -1.08. The number of esters is 1. The molecule has 3 atom stereocenters. The van der Waals surface area contributed by atoms with Crippen molar-refractivity contribution in [3.05, 3.63) is 0 Å². The topological polar surface area (TPSA) is 63.6 Å². The molecule has 1 fully saturated rings. The normalized spacial score (nSPS) is 33.0. The van der Waals surface area contributed by atoms with E-state index in [-0.39, 0.29) is 23.6 Å². The average Bonchev–Trinajstić information content (AvgIpc) is 2.46. The highest BCUT2D eigenvalue weighted by molar-refractivity contribution is 5.81. The quantitative estimate of drug-likeness (QED) is 0.623. The number of methoxy groups -OCH3 is 1. The Morgan fingerprint density at radius 2 is 2.00 bits per heavy atom. The van der Waals surface area contributed by atoms with E-state index in [2.05, 4.69) is 4.74 Å². The number of aliphatic hydroxyl groups excluding tert-OH is 1. The first-order chi connectivity index (χ1) is 6.06. The monoisotopic (exact) mass is 186 g/mol. The van der Waals surface area contributed by atoms with E-state index in [0.29, 0.717) is 12.8 Å². The molecule has 1 rings (SSSR count). The molecule has 1 aliphatic rings. The van der Waals surface area contributed by atoms with E-state index in [1.54, 1.807) is 0 Å². The molecule has 0 bridgehead atoms. The second-order valence-electron chi connectivity index (χ2n) is 3.48. The van der Waals surface area contributed by atoms with Crippen LogP contribution in [0.5, 0.6) is 0 Å². The number of carbonyl (C=O) groups is 2. The van der Waals surface area contributed by atoms with Crippen LogP contribution in [0, 0.1) is 11.8 Å². The summed E-state index contributed by atoms with van der Waals surface area (Å²) >= 11 is 0. The van der Waals surface area contributed by atoms with E-state index in [4.69, 9.17) is 0 Å². The molecule has 0 saturated heterocycles. The molecule has 0 radical (unpaired) electrons. The third kappa shape index (κ3) is 2.06. The molecule has 3 unspecified atom stereocenters. The molecule has 13 heavy (non-hydrogen) atoms. The van der Waals surface area contributed by atoms with Gasteiger partial charge in [0.2, 0.25) is 0 Å². The summed E-state index contributed by atoms with van der Waals surface area (Å²) < 4.78 is 4.55. The smallest absolute Gasteiger partial charge is 0.308 e. The predicted octanol–water partition coefficient (Wildman–Crippen LogP) is 0.135. The molecule has 0 spiro atoms. The Morgan fingerprint density at radius 3 is 2.38 bits per heavy atom. The summed E-state index contributed by atoms with van der Waals surface area (Å²) in [5.41, 5.74) is 0. The van der Waals surface area contributed by atoms with E-state index >= 15 is 0 Å². The van der Waals surface area contributed by atoms with Crippen molar-refractivity contribution >= 4 is 11.8 Å². The Hall–Kier alpha value is -0.900. The van der Waals surface area contributed by atoms with Gasteiger partial charge in [-0.3, -0.25) is 9.59 Å². The molecule has 0 aromatic rings. The third-order valence-electron chi connectivity index (χ3n) is 2.59. The van der Waals surface area contributed by atoms with Crippen LogP contribution < -0.4 is 0 Å². The summed E-state index contributed by atoms with van der Waals surface area (Å²) in [6.45, 7) is 1.44. The Kier molecular flexibility index (Phi) is 3.03. The van der Waals surface area contributed by atoms with Gasteiger partial charge in [-0.05, 0) is 19.8 Å². The van der Waals surface area contributed by atoms with Crippen LogP contribution in [0.25, 0.3) is 0 Å². The minimum absolute atomic E-state index is 0.0566. The number of rotatable bonds is 2. The SMILES string of the molecule is COC(=O)C1CC(O)C(C(C)=O)C1. The van der Waals surface area contributed by atoms with Gasteiger partial charge in [-0.2, -0.15) is 0 Å². The number of hydrogen-bond donors (Lipinski definition) is 1. The van der Waals surface area contributed by atoms with Crippen molar-refractivity contribution in [1.82, 2.24) is 0 Å². The van der Waals surface area contributed by atoms with Crippen LogP contribution in [-0.4, -0.2) is 30.1 Å². The maximum Gasteiger partial charge on any atom is 0.308 e. The Morgan fingerprint density at radius 1 is 1.38 bits per heavy atom. The first-order valence-electron chi connectivity index (χ1n) is 4.32. The minimum Gasteiger partial charge on any atom is -0.469 e. The average molecular weight is 186 g/mol. The van der Waals surface area contributed by atoms with E-state index in [1.807, 2.05) is 0 Å². The zero-order valence-electron chi connectivity index (χ0n) is 7.82. The molecule has 1 saturated carbocycles. The highest BCUT2D eigenvalue weighted by Gasteiger charge is 2.39. The predicted molar refractivity (Wildman–Crippen MR) is 44.9 cm³/mol. The van der Waals surface area contributed by atoms with Crippen LogP contribution in [0.1, 0.15) is 19.8 Å². The molecule has 4 heteroatoms. The molecular formula is C9H14O4. The second-order valence-corrected chi connectivity index (χ2v) is 3.48. The van der Waals surface area contributed by atoms with Gasteiger partial charge in [-0.25, -0.2) is 0 Å². The molecule has 0 aromatic carbocycles. The fourth-order valence-electron chi connectivity index (χ4n) is 1.81. The minimum atomic E-state index is -0.679. The largest absolute Gasteiger partial charge is 0.469 e. The maximum absolute atomic E-state index is 11.1. The third-order valence-corrected chi connectivity index (χ3v) is 2.59. The Balaban J connectivity index is 2.59. The molecule has 0 aromatic heterocycles. The fraction of sp³-hybridized carbons (Fsp3) is 0.778. The number of ether oxygens (including phenoxy) is 1. The van der Waals surface area contributed by atoms with Crippen molar-refractivity contribution in [1.29, 1.82) is 0 Å². The van der Waals surface area contributed by atoms with Gasteiger partial charge in [0.05, 0.1) is 19.1 Å². The molecule has 4 nitrogen and oxygen atoms in total. The van der Waals surface area contributed by atoms with Crippen molar-refractivity contribution in [2.75, 3.05) is 7.11 Å². The van der Waals surface area contributed by atoms with Crippen molar-refractivity contribution in [3.63, 3.8) is 0 Å². The van der Waals surface area contributed by atoms with Crippen LogP contribution >= 0.6 is 0 Å². The Bertz CT molecular complexity index is 224. The van der Waals surface area contributed by atoms with E-state index in [9.17, 15) is 14.7 Å². The van der Waals surface area contributed by atoms with Gasteiger partial charge in [-0.15, -0.1) is 0 Å². The van der Waals surface area contributed by atoms with E-state index in [0.717, 1.165) is 0 Å². The molecular weight excluding hydrogens is 172 g/mol. The van der Waals surface area contributed by atoms with Gasteiger partial charge in [0.1, 0.15) is 5.78 Å². The lowest BCUT2D eigenvalue weighted by atomic mass is 10.0. The van der Waals surface area contributed by atoms with E-state index in [1.165, 1.54) is 14.0 Å². The number of carbonyl (C=O) groups excluding carboxylic acids is 2. The lowest BCUT2D eigenvalue weighted by Gasteiger charge is -2.08. The molecule has 1 N–H and O–H groups in total. The van der Waals surface area contributed by atoms with Gasteiger partial charge >= 0.3 is 5.97 Å². The lowest BCUT2D eigenvalue weighted by Crippen LogP contribution is -2.19. The van der Waals surface area contributed by atoms with Crippen molar-refractivity contribution < 1.29 is 19.4 Å². The first-order valence-corrected chi connectivity index (χ1v) is 4.32. The van der Waals surface area contributed by atoms with Crippen LogP contribution in [0.2, 0.25) is 0 Å². The zero-order chi connectivity index (χ0) is 10.0. The zero-order valence-corrected chi connectivity index (χ0v) is 7.82. The lowest BCUT2D eigenvalue weighted by molar-refractivity contribution is -0.145. The number of hydrogen-bond acceptors (Lipinski definition) is 4. The molecule has 0 amide bonds. The summed E-state index contributed by atoms with van der Waals surface area (Å²) in [6.07, 6.45) is 0.0849. The van der Waals surface area contributed by atoms with Gasteiger partial charge in [0.25, 0.3) is 0 Å². The van der Waals surface area contributed by atoms with Gasteiger partial charge < -0.3 is 9.84 Å². The van der Waals surface area contributed by atoms with Crippen LogP contribution in [0.15, 0.2) is 0 Å². The summed E-state index contributed by atoms with van der Waals surface area (Å²) in [6, 6.07) is 0. The number of ketones is 1. The second kappa shape index (κ2) is 3.87. The highest BCUT2D eigenvalue weighted by Crippen LogP contribution is 2.32. The van der Waals surface area contributed by atoms with E-state index < -0.39 is 6.10 Å². The van der Waals surface area contributed by atoms with Crippen molar-refractivity contribution in [2.24, 2.45) is 11.8 Å². The maximum atomic E-state index is 11.1. The summed E-state index contributed by atoms with van der Waals surface area (Å²) in [4.78, 5) is 22.1. The molecule has 0 heterocycles. The van der Waals surface area contributed by atoms with Crippen molar-refractivity contribution in [2.45, 2.75) is 25.9 Å². The number of Topliss-reactive ketones (excluding diaryl/α,β-unsaturated/α-hetero) is 1. The van der Waals surface area contributed by atoms with Gasteiger partial charge in [0, 0.05) is 5.92 Å². The van der Waals surface area contributed by atoms with Gasteiger partial charge in [-0.1, -0.05) is 0 Å². The Labute approximate surface area is 76.9 Å². The summed E-state index contributed by atoms with van der Waals surface area (Å²) in [5, 5.41) is 9.45. The highest BCUT2D eigenvalue weighted by atomic mass is 16.5. The molecule has 1 aliphatic carbocycles. The number of aliphatic hydroxyl groups is 1. The van der Waals surface area contributed by atoms with Crippen LogP contribution in [0.4, 0.5) is 0 Å². The summed E-state index contributed by atoms with van der Waals surface area (Å²) in [7, 11) is 1.32. The first kappa shape index (κ1) is 10.2. The van der Waals surface area contributed by atoms with Crippen LogP contribution in [0.3, 0.4) is 0 Å². The fourth-order valence-corrected chi connectivity index (χ4v) is 1.81.